The molecule has 1 rings (SSSR count). The van der Waals surface area contributed by atoms with Gasteiger partial charge in [0, 0.05) is 0 Å². The molecule has 0 N–H and O–H groups in total. The largest absolute Gasteiger partial charge is 0.463 e. The first-order valence-corrected chi connectivity index (χ1v) is 1.92. The lowest BCUT2D eigenvalue weighted by Gasteiger charge is -1.91. The molecule has 0 saturated carbocycles. The van der Waals surface area contributed by atoms with Crippen LogP contribution < -0.4 is 0 Å². The van der Waals surface area contributed by atoms with Crippen LogP contribution in [-0.2, 0) is 9.57 Å². The topological polar surface area (TPSA) is 30.8 Å². The predicted octanol–water partition coefficient (Wildman–Crippen LogP) is 0.490. The zero-order valence-corrected chi connectivity index (χ0v) is 3.70. The molecule has 38 valence electrons. The highest BCUT2D eigenvalue weighted by molar-refractivity contribution is 5.69. The summed E-state index contributed by atoms with van der Waals surface area (Å²) in [6.07, 6.45) is 4.70. The summed E-state index contributed by atoms with van der Waals surface area (Å²) < 4.78 is 4.67. The van der Waals surface area contributed by atoms with E-state index >= 15 is 0 Å². The first kappa shape index (κ1) is 4.18. The molecule has 0 unspecified atom stereocenters. The maximum atomic E-state index is 4.67. The summed E-state index contributed by atoms with van der Waals surface area (Å²) in [5.74, 6) is 0. The lowest BCUT2D eigenvalue weighted by atomic mass is 10.7. The molecule has 0 aliphatic carbocycles. The highest BCUT2D eigenvalue weighted by Gasteiger charge is 1.79. The Bertz CT molecular complexity index is 85.9. The molecule has 0 amide bonds. The van der Waals surface area contributed by atoms with Crippen LogP contribution in [0, 0.1) is 0 Å². The van der Waals surface area contributed by atoms with Crippen molar-refractivity contribution in [3.63, 3.8) is 0 Å². The molecule has 0 atom stereocenters. The Labute approximate surface area is 41.2 Å². The van der Waals surface area contributed by atoms with Gasteiger partial charge >= 0.3 is 0 Å². The standard InChI is InChI=1S/C4H5NO2/c1-2-5-7-4-6-3-1/h1-3H,4H2. The third kappa shape index (κ3) is 1.26. The molecule has 1 heterocycles. The molecule has 0 aromatic heterocycles. The van der Waals surface area contributed by atoms with Crippen molar-refractivity contribution in [3.05, 3.63) is 12.3 Å². The van der Waals surface area contributed by atoms with E-state index < -0.39 is 0 Å². The lowest BCUT2D eigenvalue weighted by molar-refractivity contribution is -0.00484. The van der Waals surface area contributed by atoms with E-state index in [1.165, 1.54) is 12.5 Å². The Morgan fingerprint density at radius 3 is 3.57 bits per heavy atom. The van der Waals surface area contributed by atoms with Crippen molar-refractivity contribution in [1.82, 2.24) is 0 Å². The van der Waals surface area contributed by atoms with E-state index in [9.17, 15) is 0 Å². The lowest BCUT2D eigenvalue weighted by Crippen LogP contribution is -1.84. The van der Waals surface area contributed by atoms with Gasteiger partial charge in [0.2, 0.25) is 0 Å². The third-order valence-electron chi connectivity index (χ3n) is 0.517. The summed E-state index contributed by atoms with van der Waals surface area (Å²) in [5, 5.41) is 3.43. The smallest absolute Gasteiger partial charge is 0.254 e. The van der Waals surface area contributed by atoms with Crippen LogP contribution in [0.3, 0.4) is 0 Å². The van der Waals surface area contributed by atoms with E-state index in [-0.39, 0.29) is 6.79 Å². The molecular weight excluding hydrogens is 94.0 g/mol. The number of hydrogen-bond donors (Lipinski definition) is 0. The quantitative estimate of drug-likeness (QED) is 0.442. The fourth-order valence-corrected chi connectivity index (χ4v) is 0.269. The second kappa shape index (κ2) is 2.23. The van der Waals surface area contributed by atoms with Crippen LogP contribution in [0.2, 0.25) is 0 Å². The maximum Gasteiger partial charge on any atom is 0.254 e. The molecule has 1 aliphatic rings. The van der Waals surface area contributed by atoms with Crippen molar-refractivity contribution in [2.24, 2.45) is 5.16 Å². The Kier molecular flexibility index (Phi) is 1.33. The van der Waals surface area contributed by atoms with E-state index in [0.29, 0.717) is 0 Å². The molecule has 0 spiro atoms. The summed E-state index contributed by atoms with van der Waals surface area (Å²) in [5.41, 5.74) is 0. The summed E-state index contributed by atoms with van der Waals surface area (Å²) in [7, 11) is 0. The summed E-state index contributed by atoms with van der Waals surface area (Å²) in [6.45, 7) is 0.215. The van der Waals surface area contributed by atoms with Gasteiger partial charge < -0.3 is 9.57 Å². The molecule has 0 radical (unpaired) electrons. The van der Waals surface area contributed by atoms with Gasteiger partial charge in [0.05, 0.1) is 12.5 Å². The Balaban J connectivity index is 2.39. The fraction of sp³-hybridized carbons (Fsp3) is 0.250. The molecule has 3 nitrogen and oxygen atoms in total. The molecule has 1 aliphatic heterocycles. The highest BCUT2D eigenvalue weighted by atomic mass is 16.7. The average molecular weight is 99.1 g/mol. The number of nitrogens with zero attached hydrogens (tertiary/aromatic N) is 1. The van der Waals surface area contributed by atoms with E-state index in [4.69, 9.17) is 0 Å². The van der Waals surface area contributed by atoms with Gasteiger partial charge in [-0.3, -0.25) is 0 Å². The van der Waals surface area contributed by atoms with E-state index in [0.717, 1.165) is 0 Å². The Morgan fingerprint density at radius 2 is 2.57 bits per heavy atom. The minimum absolute atomic E-state index is 0.215. The molecule has 7 heavy (non-hydrogen) atoms. The van der Waals surface area contributed by atoms with Crippen molar-refractivity contribution in [3.8, 4) is 0 Å². The van der Waals surface area contributed by atoms with E-state index in [1.54, 1.807) is 6.08 Å². The molecule has 0 aromatic rings. The molecule has 0 aromatic carbocycles. The van der Waals surface area contributed by atoms with Crippen LogP contribution in [0.1, 0.15) is 0 Å². The van der Waals surface area contributed by atoms with Crippen LogP contribution in [-0.4, -0.2) is 13.0 Å². The number of allylic oxidation sites excluding steroid dienone is 1. The molecule has 0 fully saturated rings. The maximum absolute atomic E-state index is 4.67. The van der Waals surface area contributed by atoms with Crippen LogP contribution in [0.25, 0.3) is 0 Å². The second-order valence-electron chi connectivity index (χ2n) is 0.997. The number of hydrogen-bond acceptors (Lipinski definition) is 3. The van der Waals surface area contributed by atoms with Gasteiger partial charge in [0.15, 0.2) is 0 Å². The minimum Gasteiger partial charge on any atom is -0.463 e. The molecule has 3 heteroatoms. The third-order valence-corrected chi connectivity index (χ3v) is 0.517. The SMILES string of the molecule is C1=COCON=C1. The summed E-state index contributed by atoms with van der Waals surface area (Å²) >= 11 is 0. The highest BCUT2D eigenvalue weighted by Crippen LogP contribution is 1.84. The monoisotopic (exact) mass is 99.0 g/mol. The minimum atomic E-state index is 0.215. The molecule has 0 saturated heterocycles. The first-order chi connectivity index (χ1) is 3.50. The summed E-state index contributed by atoms with van der Waals surface area (Å²) in [6, 6.07) is 0. The number of oxime groups is 1. The molecular formula is C4H5NO2. The van der Waals surface area contributed by atoms with Crippen molar-refractivity contribution in [2.45, 2.75) is 0 Å². The van der Waals surface area contributed by atoms with Crippen molar-refractivity contribution in [2.75, 3.05) is 6.79 Å². The van der Waals surface area contributed by atoms with Gasteiger partial charge in [-0.05, 0) is 6.08 Å². The van der Waals surface area contributed by atoms with Crippen molar-refractivity contribution < 1.29 is 9.57 Å². The number of rotatable bonds is 0. The van der Waals surface area contributed by atoms with Crippen LogP contribution in [0.5, 0.6) is 0 Å². The van der Waals surface area contributed by atoms with E-state index in [1.807, 2.05) is 0 Å². The van der Waals surface area contributed by atoms with Gasteiger partial charge in [-0.2, -0.15) is 0 Å². The van der Waals surface area contributed by atoms with Gasteiger partial charge in [-0.25, -0.2) is 0 Å². The second-order valence-corrected chi connectivity index (χ2v) is 0.997. The van der Waals surface area contributed by atoms with Crippen molar-refractivity contribution in [1.29, 1.82) is 0 Å². The van der Waals surface area contributed by atoms with Gasteiger partial charge in [0.1, 0.15) is 0 Å². The predicted molar refractivity (Wildman–Crippen MR) is 24.7 cm³/mol. The average Bonchev–Trinajstić information content (AvgIpc) is 1.90. The Morgan fingerprint density at radius 1 is 1.57 bits per heavy atom. The van der Waals surface area contributed by atoms with Gasteiger partial charge in [0.25, 0.3) is 6.79 Å². The van der Waals surface area contributed by atoms with E-state index in [2.05, 4.69) is 14.7 Å². The van der Waals surface area contributed by atoms with Crippen LogP contribution >= 0.6 is 0 Å². The summed E-state index contributed by atoms with van der Waals surface area (Å²) in [4.78, 5) is 4.48. The first-order valence-electron chi connectivity index (χ1n) is 1.92. The number of ether oxygens (including phenoxy) is 1. The normalized spacial score (nSPS) is 17.1. The Hall–Kier alpha value is -0.990. The van der Waals surface area contributed by atoms with Gasteiger partial charge in [-0.1, -0.05) is 5.16 Å². The zero-order valence-electron chi connectivity index (χ0n) is 3.70. The fourth-order valence-electron chi connectivity index (χ4n) is 0.269. The molecule has 0 bridgehead atoms. The zero-order chi connectivity index (χ0) is 4.95. The van der Waals surface area contributed by atoms with Gasteiger partial charge in [-0.15, -0.1) is 0 Å². The van der Waals surface area contributed by atoms with Crippen LogP contribution in [0.15, 0.2) is 17.5 Å². The van der Waals surface area contributed by atoms with Crippen LogP contribution in [0.4, 0.5) is 0 Å². The van der Waals surface area contributed by atoms with Crippen molar-refractivity contribution >= 4 is 6.21 Å².